The van der Waals surface area contributed by atoms with Gasteiger partial charge >= 0.3 is 0 Å². The third-order valence-corrected chi connectivity index (χ3v) is 5.45. The highest BCUT2D eigenvalue weighted by Gasteiger charge is 2.40. The van der Waals surface area contributed by atoms with E-state index in [0.29, 0.717) is 12.0 Å². The molecular formula is C18H23N3O. The van der Waals surface area contributed by atoms with Gasteiger partial charge in [-0.15, -0.1) is 0 Å². The van der Waals surface area contributed by atoms with Crippen molar-refractivity contribution in [2.24, 2.45) is 13.0 Å². The van der Waals surface area contributed by atoms with Crippen molar-refractivity contribution in [1.82, 2.24) is 14.4 Å². The summed E-state index contributed by atoms with van der Waals surface area (Å²) < 4.78 is 2.06. The van der Waals surface area contributed by atoms with Crippen molar-refractivity contribution in [2.45, 2.75) is 18.9 Å². The predicted octanol–water partition coefficient (Wildman–Crippen LogP) is 2.34. The molecule has 2 aliphatic rings. The maximum absolute atomic E-state index is 13.1. The number of aryl methyl sites for hydroxylation is 1. The molecule has 0 N–H and O–H groups in total. The zero-order valence-corrected chi connectivity index (χ0v) is 13.3. The van der Waals surface area contributed by atoms with E-state index >= 15 is 0 Å². The second-order valence-electron chi connectivity index (χ2n) is 6.84. The molecule has 0 bridgehead atoms. The zero-order chi connectivity index (χ0) is 15.3. The Morgan fingerprint density at radius 2 is 1.91 bits per heavy atom. The zero-order valence-electron chi connectivity index (χ0n) is 13.3. The van der Waals surface area contributed by atoms with Gasteiger partial charge in [-0.1, -0.05) is 18.2 Å². The Balaban J connectivity index is 1.69. The first-order valence-electron chi connectivity index (χ1n) is 8.18. The first kappa shape index (κ1) is 13.8. The van der Waals surface area contributed by atoms with Gasteiger partial charge in [0.05, 0.1) is 5.56 Å². The largest absolute Gasteiger partial charge is 0.350 e. The van der Waals surface area contributed by atoms with Crippen LogP contribution in [0.4, 0.5) is 0 Å². The summed E-state index contributed by atoms with van der Waals surface area (Å²) in [6.45, 7) is 3.09. The lowest BCUT2D eigenvalue weighted by Crippen LogP contribution is -2.48. The predicted molar refractivity (Wildman–Crippen MR) is 88.0 cm³/mol. The Morgan fingerprint density at radius 1 is 1.14 bits per heavy atom. The summed E-state index contributed by atoms with van der Waals surface area (Å²) in [6.07, 6.45) is 4.38. The van der Waals surface area contributed by atoms with E-state index in [-0.39, 0.29) is 5.91 Å². The van der Waals surface area contributed by atoms with Crippen molar-refractivity contribution in [2.75, 3.05) is 26.7 Å². The number of likely N-dealkylation sites (N-methyl/N-ethyl adjacent to an activating group) is 1. The first-order chi connectivity index (χ1) is 10.6. The van der Waals surface area contributed by atoms with Crippen LogP contribution in [0, 0.1) is 5.92 Å². The monoisotopic (exact) mass is 297 g/mol. The van der Waals surface area contributed by atoms with Crippen LogP contribution in [-0.2, 0) is 7.05 Å². The van der Waals surface area contributed by atoms with Crippen LogP contribution >= 0.6 is 0 Å². The average molecular weight is 297 g/mol. The summed E-state index contributed by atoms with van der Waals surface area (Å²) >= 11 is 0. The third-order valence-electron chi connectivity index (χ3n) is 5.45. The van der Waals surface area contributed by atoms with E-state index < -0.39 is 0 Å². The quantitative estimate of drug-likeness (QED) is 0.808. The van der Waals surface area contributed by atoms with E-state index in [4.69, 9.17) is 0 Å². The molecule has 22 heavy (non-hydrogen) atoms. The van der Waals surface area contributed by atoms with E-state index in [1.54, 1.807) is 0 Å². The number of carbonyl (C=O) groups excluding carboxylic acids is 1. The Labute approximate surface area is 131 Å². The van der Waals surface area contributed by atoms with E-state index in [1.807, 2.05) is 25.4 Å². The molecule has 2 unspecified atom stereocenters. The van der Waals surface area contributed by atoms with Crippen LogP contribution in [0.1, 0.15) is 23.2 Å². The standard InChI is InChI=1S/C18H23N3O/c1-19-9-7-13-8-10-21(17(13)12-19)18(22)15-11-20(2)16-6-4-3-5-14(15)16/h3-6,11,13,17H,7-10,12H2,1-2H3. The molecule has 2 aromatic rings. The van der Waals surface area contributed by atoms with E-state index in [2.05, 4.69) is 33.5 Å². The van der Waals surface area contributed by atoms with Crippen LogP contribution in [0.15, 0.2) is 30.5 Å². The van der Waals surface area contributed by atoms with Crippen LogP contribution in [0.3, 0.4) is 0 Å². The highest BCUT2D eigenvalue weighted by Crippen LogP contribution is 2.33. The SMILES string of the molecule is CN1CCC2CCN(C(=O)c3cn(C)c4ccccc34)C2C1. The number of benzene rings is 1. The Kier molecular flexibility index (Phi) is 3.22. The van der Waals surface area contributed by atoms with Crippen molar-refractivity contribution in [3.8, 4) is 0 Å². The fourth-order valence-electron chi connectivity index (χ4n) is 4.22. The number of carbonyl (C=O) groups is 1. The van der Waals surface area contributed by atoms with Gasteiger partial charge in [-0.25, -0.2) is 0 Å². The molecule has 1 amide bonds. The maximum Gasteiger partial charge on any atom is 0.256 e. The minimum atomic E-state index is 0.208. The number of hydrogen-bond donors (Lipinski definition) is 0. The normalized spacial score (nSPS) is 25.6. The summed E-state index contributed by atoms with van der Waals surface area (Å²) in [4.78, 5) is 17.6. The molecular weight excluding hydrogens is 274 g/mol. The molecule has 0 radical (unpaired) electrons. The fraction of sp³-hybridized carbons (Fsp3) is 0.500. The Bertz CT molecular complexity index is 720. The van der Waals surface area contributed by atoms with Crippen LogP contribution in [0.5, 0.6) is 0 Å². The van der Waals surface area contributed by atoms with Gasteiger partial charge in [-0.3, -0.25) is 4.79 Å². The molecule has 0 aliphatic carbocycles. The number of fused-ring (bicyclic) bond motifs is 2. The number of rotatable bonds is 1. The van der Waals surface area contributed by atoms with E-state index in [1.165, 1.54) is 6.42 Å². The second-order valence-corrected chi connectivity index (χ2v) is 6.84. The minimum absolute atomic E-state index is 0.208. The van der Waals surface area contributed by atoms with Gasteiger partial charge in [0.25, 0.3) is 5.91 Å². The molecule has 0 saturated carbocycles. The summed E-state index contributed by atoms with van der Waals surface area (Å²) in [6, 6.07) is 8.57. The molecule has 2 saturated heterocycles. The lowest BCUT2D eigenvalue weighted by Gasteiger charge is -2.36. The maximum atomic E-state index is 13.1. The lowest BCUT2D eigenvalue weighted by atomic mass is 9.92. The van der Waals surface area contributed by atoms with Gasteiger partial charge in [0.15, 0.2) is 0 Å². The van der Waals surface area contributed by atoms with Gasteiger partial charge in [0.2, 0.25) is 0 Å². The number of amides is 1. The highest BCUT2D eigenvalue weighted by atomic mass is 16.2. The first-order valence-corrected chi connectivity index (χ1v) is 8.18. The molecule has 0 spiro atoms. The summed E-state index contributed by atoms with van der Waals surface area (Å²) in [5.41, 5.74) is 1.98. The summed E-state index contributed by atoms with van der Waals surface area (Å²) in [5, 5.41) is 1.07. The molecule has 2 aliphatic heterocycles. The minimum Gasteiger partial charge on any atom is -0.350 e. The molecule has 2 fully saturated rings. The lowest BCUT2D eigenvalue weighted by molar-refractivity contribution is 0.0633. The number of aromatic nitrogens is 1. The Morgan fingerprint density at radius 3 is 2.77 bits per heavy atom. The van der Waals surface area contributed by atoms with Crippen LogP contribution < -0.4 is 0 Å². The molecule has 116 valence electrons. The van der Waals surface area contributed by atoms with Crippen molar-refractivity contribution >= 4 is 16.8 Å². The van der Waals surface area contributed by atoms with Crippen molar-refractivity contribution in [3.05, 3.63) is 36.0 Å². The van der Waals surface area contributed by atoms with Crippen LogP contribution in [-0.4, -0.2) is 53.0 Å². The van der Waals surface area contributed by atoms with Crippen LogP contribution in [0.25, 0.3) is 10.9 Å². The van der Waals surface area contributed by atoms with Gasteiger partial charge in [-0.05, 0) is 38.4 Å². The van der Waals surface area contributed by atoms with Gasteiger partial charge in [0.1, 0.15) is 0 Å². The van der Waals surface area contributed by atoms with Gasteiger partial charge < -0.3 is 14.4 Å². The topological polar surface area (TPSA) is 28.5 Å². The molecule has 1 aromatic heterocycles. The molecule has 4 rings (SSSR count). The van der Waals surface area contributed by atoms with Crippen molar-refractivity contribution < 1.29 is 4.79 Å². The van der Waals surface area contributed by atoms with Crippen LogP contribution in [0.2, 0.25) is 0 Å². The van der Waals surface area contributed by atoms with Gasteiger partial charge in [0, 0.05) is 43.3 Å². The van der Waals surface area contributed by atoms with Crippen molar-refractivity contribution in [1.29, 1.82) is 0 Å². The smallest absolute Gasteiger partial charge is 0.256 e. The number of nitrogens with zero attached hydrogens (tertiary/aromatic N) is 3. The average Bonchev–Trinajstić information content (AvgIpc) is 3.08. The fourth-order valence-corrected chi connectivity index (χ4v) is 4.22. The third kappa shape index (κ3) is 2.05. The number of para-hydroxylation sites is 1. The molecule has 3 heterocycles. The summed E-state index contributed by atoms with van der Waals surface area (Å²) in [7, 11) is 4.18. The summed E-state index contributed by atoms with van der Waals surface area (Å²) in [5.74, 6) is 0.898. The number of hydrogen-bond acceptors (Lipinski definition) is 2. The molecule has 4 nitrogen and oxygen atoms in total. The van der Waals surface area contributed by atoms with Gasteiger partial charge in [-0.2, -0.15) is 0 Å². The molecule has 1 aromatic carbocycles. The highest BCUT2D eigenvalue weighted by molar-refractivity contribution is 6.07. The second kappa shape index (κ2) is 5.13. The number of likely N-dealkylation sites (tertiary alicyclic amines) is 2. The van der Waals surface area contributed by atoms with E-state index in [9.17, 15) is 4.79 Å². The molecule has 4 heteroatoms. The van der Waals surface area contributed by atoms with Crippen molar-refractivity contribution in [3.63, 3.8) is 0 Å². The Hall–Kier alpha value is -1.81. The van der Waals surface area contributed by atoms with E-state index in [0.717, 1.165) is 42.5 Å². The molecule has 2 atom stereocenters. The number of piperidine rings is 1.